The molecule has 20 heteroatoms. The van der Waals surface area contributed by atoms with Crippen LogP contribution in [0.5, 0.6) is 46.0 Å². The van der Waals surface area contributed by atoms with Gasteiger partial charge in [0, 0.05) is 52.9 Å². The minimum atomic E-state index is 0.0406. The molecule has 8 aromatic rings. The Morgan fingerprint density at radius 3 is 0.279 bits per heavy atom. The molecule has 6 aliphatic heterocycles. The Morgan fingerprint density at radius 1 is 0.150 bits per heavy atom. The molecule has 776 valence electrons. The van der Waals surface area contributed by atoms with Crippen LogP contribution in [0.2, 0.25) is 0 Å². The summed E-state index contributed by atoms with van der Waals surface area (Å²) in [5.41, 5.74) is 33.1. The fourth-order valence-electron chi connectivity index (χ4n) is 17.5. The zero-order valence-corrected chi connectivity index (χ0v) is 106. The Bertz CT molecular complexity index is 4040. The van der Waals surface area contributed by atoms with Crippen molar-refractivity contribution < 1.29 is 56.8 Å². The normalized spacial score (nSPS) is 16.5. The molecular formula is C120H176O12Se8. The van der Waals surface area contributed by atoms with E-state index in [1.807, 2.05) is 56.9 Å². The summed E-state index contributed by atoms with van der Waals surface area (Å²) in [6.07, 6.45) is 10.2. The molecule has 6 heterocycles. The van der Waals surface area contributed by atoms with Crippen LogP contribution in [0.25, 0.3) is 0 Å². The van der Waals surface area contributed by atoms with Gasteiger partial charge in [0.15, 0.2) is 0 Å². The molecule has 0 aromatic heterocycles. The van der Waals surface area contributed by atoms with Gasteiger partial charge in [-0.3, -0.25) is 0 Å². The van der Waals surface area contributed by atoms with E-state index >= 15 is 0 Å². The van der Waals surface area contributed by atoms with Gasteiger partial charge in [-0.25, -0.2) is 0 Å². The fraction of sp³-hybridized carbons (Fsp3) is 0.600. The van der Waals surface area contributed by atoms with Crippen molar-refractivity contribution in [1.29, 1.82) is 0 Å². The van der Waals surface area contributed by atoms with Gasteiger partial charge in [-0.15, -0.1) is 0 Å². The maximum absolute atomic E-state index is 6.34. The number of benzene rings is 8. The van der Waals surface area contributed by atoms with E-state index in [-0.39, 0.29) is 43.3 Å². The van der Waals surface area contributed by atoms with Crippen molar-refractivity contribution in [3.63, 3.8) is 0 Å². The molecule has 0 amide bonds. The predicted octanol–water partition coefficient (Wildman–Crippen LogP) is 24.9. The van der Waals surface area contributed by atoms with E-state index in [0.29, 0.717) is 120 Å². The van der Waals surface area contributed by atoms with E-state index in [2.05, 4.69) is 263 Å². The van der Waals surface area contributed by atoms with E-state index in [4.69, 9.17) is 56.8 Å². The number of methoxy groups -OCH3 is 8. The van der Waals surface area contributed by atoms with Crippen molar-refractivity contribution >= 4 is 120 Å². The Balaban J connectivity index is 0.000000259. The average Bonchev–Trinajstić information content (AvgIpc) is 0.924. The van der Waals surface area contributed by atoms with Crippen LogP contribution in [0.3, 0.4) is 0 Å². The van der Waals surface area contributed by atoms with Crippen molar-refractivity contribution in [3.05, 3.63) is 231 Å². The van der Waals surface area contributed by atoms with E-state index in [1.54, 1.807) is 0 Å². The van der Waals surface area contributed by atoms with Gasteiger partial charge in [-0.2, -0.15) is 0 Å². The number of fused-ring (bicyclic) bond motifs is 16. The van der Waals surface area contributed by atoms with E-state index in [1.165, 1.54) is 185 Å². The first-order chi connectivity index (χ1) is 66.2. The number of hydrogen-bond acceptors (Lipinski definition) is 12. The van der Waals surface area contributed by atoms with Crippen LogP contribution >= 0.6 is 0 Å². The Morgan fingerprint density at radius 2 is 0.229 bits per heavy atom. The molecule has 0 unspecified atom stereocenters. The SMILES string of the molecule is C1CCOC1.C1CCOC1.C1CCOC1.C1CCOC1.COc1c2cc(C(C)(C)C)cc1C[Se]Cc1cc(C(C)(C)C)cc(c1OC)C[Se]Cc1cc(C(C)(C)C)cc(c1OC)C[Se]Cc1cc(C(C)(C)C)cc(c1OC)C[Se]C2.COc1c2cc(C(C)(C)C)cc1C[Se]Cc1cc(C(C)(C)C)cc(c1OC)C[Se]Cc1cc(C(C)(C)C)cc(c1OC)C[Se]Cc1cc(C(C)(C)C)cc(c1OC)C[Se]C2. The molecule has 4 fully saturated rings. The second-order valence-electron chi connectivity index (χ2n) is 45.8. The van der Waals surface area contributed by atoms with Crippen LogP contribution in [0.15, 0.2) is 97.1 Å². The standard InChI is InChI=1S/2C52H72O4Se4.4C4H8O/c2*1-49(2,3)41-17-33-25-57-27-35-19-42(50(4,5)6)21-37(46(35)54-14)29-59-31-39-23-44(52(10,11)12)24-40(48(39)56-16)32-60-30-38-22-43(51(7,8)9)20-36(47(38)55-15)28-58-26-34(18-41)45(33)53-13;4*1-2-4-5-3-1/h2*17-24H,25-32H2,1-16H3;4*1-4H2. The molecule has 0 atom stereocenters. The van der Waals surface area contributed by atoms with Gasteiger partial charge in [-0.05, 0) is 51.4 Å². The minimum absolute atomic E-state index is 0.0406. The summed E-state index contributed by atoms with van der Waals surface area (Å²) in [5, 5.41) is 16.2. The van der Waals surface area contributed by atoms with Gasteiger partial charge < -0.3 is 18.9 Å². The average molecular weight is 2440 g/mol. The monoisotopic (exact) mass is 2450 g/mol. The molecule has 14 rings (SSSR count). The van der Waals surface area contributed by atoms with Crippen molar-refractivity contribution in [2.45, 2.75) is 346 Å². The van der Waals surface area contributed by atoms with Crippen molar-refractivity contribution in [2.24, 2.45) is 0 Å². The molecule has 0 N–H and O–H groups in total. The van der Waals surface area contributed by atoms with Gasteiger partial charge in [0.1, 0.15) is 0 Å². The van der Waals surface area contributed by atoms with Gasteiger partial charge in [-0.1, -0.05) is 0 Å². The van der Waals surface area contributed by atoms with Crippen molar-refractivity contribution in [3.8, 4) is 46.0 Å². The Labute approximate surface area is 900 Å². The molecule has 0 spiro atoms. The van der Waals surface area contributed by atoms with E-state index < -0.39 is 0 Å². The molecule has 6 aliphatic rings. The Kier molecular flexibility index (Phi) is 48.0. The summed E-state index contributed by atoms with van der Waals surface area (Å²) in [6, 6.07) is 39.0. The molecule has 8 aromatic carbocycles. The zero-order chi connectivity index (χ0) is 103. The first kappa shape index (κ1) is 120. The van der Waals surface area contributed by atoms with Gasteiger partial charge in [0.25, 0.3) is 0 Å². The topological polar surface area (TPSA) is 111 Å². The summed E-state index contributed by atoms with van der Waals surface area (Å²) in [4.78, 5) is 0. The molecule has 0 aliphatic carbocycles. The second kappa shape index (κ2) is 56.1. The molecule has 16 bridgehead atoms. The molecule has 4 saturated heterocycles. The summed E-state index contributed by atoms with van der Waals surface area (Å²) in [6.45, 7) is 64.1. The third-order valence-corrected chi connectivity index (χ3v) is 43.2. The first-order valence-electron chi connectivity index (χ1n) is 50.7. The van der Waals surface area contributed by atoms with Crippen LogP contribution in [0.1, 0.15) is 351 Å². The molecule has 0 radical (unpaired) electrons. The van der Waals surface area contributed by atoms with Crippen LogP contribution in [0.4, 0.5) is 0 Å². The second-order valence-corrected chi connectivity index (χ2v) is 62.4. The van der Waals surface area contributed by atoms with Gasteiger partial charge in [0.05, 0.1) is 0 Å². The number of hydrogen-bond donors (Lipinski definition) is 0. The van der Waals surface area contributed by atoms with E-state index in [9.17, 15) is 0 Å². The molecule has 0 saturated carbocycles. The zero-order valence-electron chi connectivity index (χ0n) is 92.0. The van der Waals surface area contributed by atoms with Crippen molar-refractivity contribution in [1.82, 2.24) is 0 Å². The first-order valence-corrected chi connectivity index (χ1v) is 70.1. The van der Waals surface area contributed by atoms with Crippen LogP contribution in [0, 0.1) is 0 Å². The maximum atomic E-state index is 6.34. The van der Waals surface area contributed by atoms with Crippen molar-refractivity contribution in [2.75, 3.05) is 110 Å². The summed E-state index contributed by atoms with van der Waals surface area (Å²) < 4.78 is 70.5. The molecule has 140 heavy (non-hydrogen) atoms. The Hall–Kier alpha value is -3.84. The quantitative estimate of drug-likeness (QED) is 0.135. The van der Waals surface area contributed by atoms with Gasteiger partial charge >= 0.3 is 786 Å². The summed E-state index contributed by atoms with van der Waals surface area (Å²) in [5.74, 6) is 8.72. The van der Waals surface area contributed by atoms with E-state index in [0.717, 1.165) is 184 Å². The molecular weight excluding hydrogens is 2260 g/mol. The number of rotatable bonds is 8. The van der Waals surface area contributed by atoms with Gasteiger partial charge in [0.2, 0.25) is 0 Å². The van der Waals surface area contributed by atoms with Crippen LogP contribution < -0.4 is 37.9 Å². The molecule has 12 nitrogen and oxygen atoms in total. The fourth-order valence-corrected chi connectivity index (χ4v) is 33.8. The summed E-state index contributed by atoms with van der Waals surface area (Å²) >= 11 is 2.46. The summed E-state index contributed by atoms with van der Waals surface area (Å²) in [7, 11) is 15.0. The van der Waals surface area contributed by atoms with Crippen LogP contribution in [-0.2, 0) is 147 Å². The number of ether oxygens (including phenoxy) is 12. The predicted molar refractivity (Wildman–Crippen MR) is 599 cm³/mol. The third kappa shape index (κ3) is 36.3. The van der Waals surface area contributed by atoms with Crippen LogP contribution in [-0.4, -0.2) is 229 Å². The third-order valence-electron chi connectivity index (χ3n) is 25.9.